The van der Waals surface area contributed by atoms with Crippen molar-refractivity contribution in [2.24, 2.45) is 11.8 Å². The fourth-order valence-electron chi connectivity index (χ4n) is 6.15. The third kappa shape index (κ3) is 5.15. The minimum Gasteiger partial charge on any atom is -0.375 e. The maximum absolute atomic E-state index is 11.8. The number of nitrogens with zero attached hydrogens (tertiary/aromatic N) is 6. The number of hydrogen-bond donors (Lipinski definition) is 2. The molecule has 0 radical (unpaired) electrons. The van der Waals surface area contributed by atoms with E-state index in [1.54, 1.807) is 12.4 Å². The van der Waals surface area contributed by atoms with Gasteiger partial charge in [-0.1, -0.05) is 38.3 Å². The number of imidazole rings is 1. The molecule has 3 atom stereocenters. The summed E-state index contributed by atoms with van der Waals surface area (Å²) in [5.74, 6) is 2.53. The van der Waals surface area contributed by atoms with Crippen molar-refractivity contribution in [1.29, 1.82) is 0 Å². The molecular formula is C27H35ClN8O3. The molecule has 2 aliphatic heterocycles. The molecule has 5 heterocycles. The van der Waals surface area contributed by atoms with Gasteiger partial charge in [0.05, 0.1) is 23.8 Å². The summed E-state index contributed by atoms with van der Waals surface area (Å²) in [6, 6.07) is 2.04. The highest BCUT2D eigenvalue weighted by atomic mass is 35.5. The number of nitrogens with one attached hydrogen (secondary N) is 2. The van der Waals surface area contributed by atoms with Crippen molar-refractivity contribution in [3.8, 4) is 11.3 Å². The molecule has 1 amide bonds. The van der Waals surface area contributed by atoms with Crippen LogP contribution < -0.4 is 15.7 Å². The summed E-state index contributed by atoms with van der Waals surface area (Å²) in [6.45, 7) is 8.87. The molecule has 1 saturated carbocycles. The van der Waals surface area contributed by atoms with Gasteiger partial charge >= 0.3 is 6.09 Å². The average molecular weight is 555 g/mol. The minimum absolute atomic E-state index is 0.0841. The van der Waals surface area contributed by atoms with E-state index >= 15 is 0 Å². The zero-order valence-electron chi connectivity index (χ0n) is 22.6. The van der Waals surface area contributed by atoms with Crippen LogP contribution in [0, 0.1) is 11.8 Å². The van der Waals surface area contributed by atoms with Gasteiger partial charge in [0.2, 0.25) is 5.95 Å². The lowest BCUT2D eigenvalue weighted by atomic mass is 9.83. The Morgan fingerprint density at radius 1 is 1.13 bits per heavy atom. The van der Waals surface area contributed by atoms with Crippen molar-refractivity contribution in [3.05, 3.63) is 29.3 Å². The van der Waals surface area contributed by atoms with Gasteiger partial charge in [-0.15, -0.1) is 5.48 Å². The number of hydrogen-bond acceptors (Lipinski definition) is 9. The zero-order chi connectivity index (χ0) is 27.1. The molecule has 3 aromatic heterocycles. The monoisotopic (exact) mass is 554 g/mol. The van der Waals surface area contributed by atoms with Crippen LogP contribution in [0.3, 0.4) is 0 Å². The van der Waals surface area contributed by atoms with Gasteiger partial charge in [-0.05, 0) is 44.1 Å². The van der Waals surface area contributed by atoms with Crippen LogP contribution in [0.4, 0.5) is 10.7 Å². The molecule has 2 saturated heterocycles. The molecule has 3 aliphatic rings. The average Bonchev–Trinajstić information content (AvgIpc) is 3.53. The Hall–Kier alpha value is -3.02. The first-order valence-electron chi connectivity index (χ1n) is 13.9. The van der Waals surface area contributed by atoms with Crippen molar-refractivity contribution in [1.82, 2.24) is 35.3 Å². The lowest BCUT2D eigenvalue weighted by molar-refractivity contribution is 0.0217. The number of hydroxylamine groups is 1. The van der Waals surface area contributed by atoms with E-state index in [-0.39, 0.29) is 12.1 Å². The lowest BCUT2D eigenvalue weighted by Crippen LogP contribution is -2.51. The Morgan fingerprint density at radius 3 is 2.67 bits per heavy atom. The Bertz CT molecular complexity index is 1360. The smallest absolute Gasteiger partial charge is 0.375 e. The number of fused-ring (bicyclic) bond motifs is 1. The first-order valence-corrected chi connectivity index (χ1v) is 14.3. The fourth-order valence-corrected chi connectivity index (χ4v) is 6.32. The van der Waals surface area contributed by atoms with Crippen LogP contribution in [0.25, 0.3) is 22.4 Å². The summed E-state index contributed by atoms with van der Waals surface area (Å²) in [6.07, 6.45) is 7.91. The van der Waals surface area contributed by atoms with E-state index in [4.69, 9.17) is 36.1 Å². The van der Waals surface area contributed by atoms with Crippen molar-refractivity contribution < 1.29 is 14.4 Å². The molecule has 1 aliphatic carbocycles. The lowest BCUT2D eigenvalue weighted by Gasteiger charge is -2.40. The molecule has 6 rings (SSSR count). The number of halogens is 1. The van der Waals surface area contributed by atoms with Crippen LogP contribution in [-0.2, 0) is 16.1 Å². The van der Waals surface area contributed by atoms with Crippen LogP contribution in [0.1, 0.15) is 64.9 Å². The number of amides is 1. The molecule has 12 heteroatoms. The molecule has 3 aromatic rings. The molecule has 3 fully saturated rings. The molecule has 208 valence electrons. The molecule has 2 N–H and O–H groups in total. The van der Waals surface area contributed by atoms with Gasteiger partial charge in [0, 0.05) is 31.0 Å². The quantitative estimate of drug-likeness (QED) is 0.450. The number of carbonyl (C=O) groups excluding carboxylic acids is 1. The van der Waals surface area contributed by atoms with Crippen molar-refractivity contribution in [2.75, 3.05) is 18.1 Å². The Kier molecular flexibility index (Phi) is 7.30. The van der Waals surface area contributed by atoms with E-state index in [2.05, 4.69) is 46.0 Å². The second-order valence-corrected chi connectivity index (χ2v) is 11.4. The molecule has 11 nitrogen and oxygen atoms in total. The summed E-state index contributed by atoms with van der Waals surface area (Å²) < 4.78 is 8.33. The summed E-state index contributed by atoms with van der Waals surface area (Å²) in [5.41, 5.74) is 5.50. The van der Waals surface area contributed by atoms with Gasteiger partial charge in [0.15, 0.2) is 17.6 Å². The first-order chi connectivity index (χ1) is 18.9. The Morgan fingerprint density at radius 2 is 1.95 bits per heavy atom. The number of pyridine rings is 1. The molecule has 0 spiro atoms. The number of aromatic nitrogens is 5. The third-order valence-electron chi connectivity index (χ3n) is 8.27. The minimum atomic E-state index is -0.701. The van der Waals surface area contributed by atoms with Crippen LogP contribution in [0.5, 0.6) is 0 Å². The Balaban J connectivity index is 1.55. The van der Waals surface area contributed by atoms with E-state index in [1.807, 2.05) is 6.07 Å². The summed E-state index contributed by atoms with van der Waals surface area (Å²) in [7, 11) is 0. The predicted octanol–water partition coefficient (Wildman–Crippen LogP) is 4.61. The van der Waals surface area contributed by atoms with E-state index in [0.717, 1.165) is 42.5 Å². The molecular weight excluding hydrogens is 520 g/mol. The number of morpholine rings is 1. The Labute approximate surface area is 232 Å². The van der Waals surface area contributed by atoms with Gasteiger partial charge < -0.3 is 19.0 Å². The van der Waals surface area contributed by atoms with Gasteiger partial charge in [0.25, 0.3) is 0 Å². The van der Waals surface area contributed by atoms with Gasteiger partial charge in [-0.2, -0.15) is 4.98 Å². The van der Waals surface area contributed by atoms with Crippen molar-refractivity contribution in [2.45, 2.75) is 77.7 Å². The van der Waals surface area contributed by atoms with E-state index in [9.17, 15) is 4.79 Å². The largest absolute Gasteiger partial charge is 0.427 e. The molecule has 0 aromatic carbocycles. The second kappa shape index (κ2) is 10.9. The van der Waals surface area contributed by atoms with Gasteiger partial charge in [-0.25, -0.2) is 14.8 Å². The normalized spacial score (nSPS) is 27.5. The zero-order valence-corrected chi connectivity index (χ0v) is 23.3. The number of carbonyl (C=O) groups is 1. The van der Waals surface area contributed by atoms with Crippen LogP contribution in [0.2, 0.25) is 5.02 Å². The molecule has 1 unspecified atom stereocenters. The standard InChI is InChI=1S/C27H35ClN8O3/c1-4-20-16(3)38-10-9-35(20)26-32-23-22(36(26)14-17-7-5-15(2)6-8-17)21(18-11-19(28)13-29-12-18)30-24(31-23)25-33-27(37)39-34-25/h11-13,15-17,20,25,34H,4-10,14H2,1-3H3,(H,33,37)/t15?,16-,17?,20-,25?/m1/s1. The van der Waals surface area contributed by atoms with Crippen LogP contribution >= 0.6 is 11.6 Å². The number of anilines is 1. The summed E-state index contributed by atoms with van der Waals surface area (Å²) in [5, 5.41) is 3.21. The van der Waals surface area contributed by atoms with E-state index in [0.29, 0.717) is 34.7 Å². The predicted molar refractivity (Wildman–Crippen MR) is 147 cm³/mol. The maximum atomic E-state index is 11.8. The summed E-state index contributed by atoms with van der Waals surface area (Å²) >= 11 is 6.38. The number of ether oxygens (including phenoxy) is 1. The first kappa shape index (κ1) is 26.2. The fraction of sp³-hybridized carbons (Fsp3) is 0.593. The van der Waals surface area contributed by atoms with Crippen LogP contribution in [-0.4, -0.2) is 55.9 Å². The van der Waals surface area contributed by atoms with Crippen LogP contribution in [0.15, 0.2) is 18.5 Å². The highest BCUT2D eigenvalue weighted by Gasteiger charge is 2.35. The highest BCUT2D eigenvalue weighted by Crippen LogP contribution is 2.37. The van der Waals surface area contributed by atoms with E-state index in [1.165, 1.54) is 25.7 Å². The SMILES string of the molecule is CC[C@@H]1[C@@H](C)OCCN1c1nc2nc(C3NOC(=O)N3)nc(-c3cncc(Cl)c3)c2n1CC1CCC(C)CC1. The van der Waals surface area contributed by atoms with Gasteiger partial charge in [-0.3, -0.25) is 10.3 Å². The van der Waals surface area contributed by atoms with Gasteiger partial charge in [0.1, 0.15) is 11.2 Å². The van der Waals surface area contributed by atoms with Crippen molar-refractivity contribution >= 4 is 34.8 Å². The van der Waals surface area contributed by atoms with E-state index < -0.39 is 12.3 Å². The molecule has 0 bridgehead atoms. The highest BCUT2D eigenvalue weighted by molar-refractivity contribution is 6.30. The topological polar surface area (TPSA) is 119 Å². The van der Waals surface area contributed by atoms with Crippen molar-refractivity contribution in [3.63, 3.8) is 0 Å². The number of rotatable bonds is 6. The third-order valence-corrected chi connectivity index (χ3v) is 8.48. The maximum Gasteiger partial charge on any atom is 0.427 e. The second-order valence-electron chi connectivity index (χ2n) is 11.0. The molecule has 39 heavy (non-hydrogen) atoms. The summed E-state index contributed by atoms with van der Waals surface area (Å²) in [4.78, 5) is 38.3.